The van der Waals surface area contributed by atoms with Gasteiger partial charge in [0, 0.05) is 31.2 Å². The zero-order valence-electron chi connectivity index (χ0n) is 10.5. The van der Waals surface area contributed by atoms with E-state index in [2.05, 4.69) is 31.1 Å². The third kappa shape index (κ3) is 3.09. The maximum Gasteiger partial charge on any atom is 0.317 e. The fourth-order valence-electron chi connectivity index (χ4n) is 1.75. The van der Waals surface area contributed by atoms with E-state index in [0.29, 0.717) is 0 Å². The second kappa shape index (κ2) is 4.39. The van der Waals surface area contributed by atoms with Crippen molar-refractivity contribution in [3.05, 3.63) is 0 Å². The van der Waals surface area contributed by atoms with Crippen LogP contribution in [0.15, 0.2) is 0 Å². The Kier molecular flexibility index (Phi) is 3.60. The number of likely N-dealkylation sites (N-methyl/N-ethyl adjacent to an activating group) is 1. The molecule has 0 spiro atoms. The van der Waals surface area contributed by atoms with E-state index < -0.39 is 0 Å². The fraction of sp³-hybridized carbons (Fsp3) is 0.909. The van der Waals surface area contributed by atoms with Crippen molar-refractivity contribution in [3.8, 4) is 0 Å². The first-order valence-corrected chi connectivity index (χ1v) is 5.59. The monoisotopic (exact) mass is 213 g/mol. The van der Waals surface area contributed by atoms with Crippen LogP contribution in [0.2, 0.25) is 0 Å². The van der Waals surface area contributed by atoms with Gasteiger partial charge in [-0.05, 0) is 34.7 Å². The van der Waals surface area contributed by atoms with Crippen molar-refractivity contribution < 1.29 is 4.79 Å². The van der Waals surface area contributed by atoms with Crippen LogP contribution in [0.25, 0.3) is 0 Å². The maximum atomic E-state index is 11.8. The molecule has 0 aromatic heterocycles. The van der Waals surface area contributed by atoms with Gasteiger partial charge in [-0.15, -0.1) is 0 Å². The molecule has 0 aromatic carbocycles. The number of carbonyl (C=O) groups is 1. The molecule has 1 aliphatic heterocycles. The van der Waals surface area contributed by atoms with Gasteiger partial charge in [0.05, 0.1) is 0 Å². The molecule has 0 atom stereocenters. The summed E-state index contributed by atoms with van der Waals surface area (Å²) in [5.41, 5.74) is 0.0760. The van der Waals surface area contributed by atoms with Crippen molar-refractivity contribution in [1.29, 1.82) is 0 Å². The lowest BCUT2D eigenvalue weighted by atomic mass is 10.00. The van der Waals surface area contributed by atoms with Gasteiger partial charge < -0.3 is 10.2 Å². The summed E-state index contributed by atoms with van der Waals surface area (Å²) < 4.78 is 0. The Hall–Kier alpha value is -0.770. The molecular weight excluding hydrogens is 190 g/mol. The highest BCUT2D eigenvalue weighted by Crippen LogP contribution is 2.18. The normalized spacial score (nSPS) is 21.9. The second-order valence-corrected chi connectivity index (χ2v) is 5.26. The van der Waals surface area contributed by atoms with Crippen LogP contribution >= 0.6 is 0 Å². The number of urea groups is 1. The Morgan fingerprint density at radius 2 is 1.93 bits per heavy atom. The van der Waals surface area contributed by atoms with E-state index in [1.165, 1.54) is 0 Å². The van der Waals surface area contributed by atoms with Crippen molar-refractivity contribution in [2.24, 2.45) is 0 Å². The quantitative estimate of drug-likeness (QED) is 0.709. The van der Waals surface area contributed by atoms with Gasteiger partial charge in [0.15, 0.2) is 0 Å². The summed E-state index contributed by atoms with van der Waals surface area (Å²) in [5.74, 6) is 0. The molecule has 0 saturated carbocycles. The van der Waals surface area contributed by atoms with Crippen molar-refractivity contribution in [3.63, 3.8) is 0 Å². The van der Waals surface area contributed by atoms with Gasteiger partial charge in [-0.3, -0.25) is 4.90 Å². The number of rotatable bonds is 1. The smallest absolute Gasteiger partial charge is 0.317 e. The number of nitrogens with one attached hydrogen (secondary N) is 1. The fourth-order valence-corrected chi connectivity index (χ4v) is 1.75. The minimum Gasteiger partial charge on any atom is -0.336 e. The SMILES string of the molecule is CC(C)NC(=O)N1CCN(C)C(C)(C)C1. The summed E-state index contributed by atoms with van der Waals surface area (Å²) >= 11 is 0. The summed E-state index contributed by atoms with van der Waals surface area (Å²) in [5, 5.41) is 2.93. The molecule has 2 amide bonds. The Morgan fingerprint density at radius 3 is 2.40 bits per heavy atom. The average molecular weight is 213 g/mol. The van der Waals surface area contributed by atoms with Gasteiger partial charge in [-0.2, -0.15) is 0 Å². The third-order valence-electron chi connectivity index (χ3n) is 3.02. The largest absolute Gasteiger partial charge is 0.336 e. The van der Waals surface area contributed by atoms with Gasteiger partial charge in [0.25, 0.3) is 0 Å². The van der Waals surface area contributed by atoms with Crippen LogP contribution in [-0.4, -0.2) is 54.1 Å². The average Bonchev–Trinajstić information content (AvgIpc) is 2.08. The Balaban J connectivity index is 2.55. The first kappa shape index (κ1) is 12.3. The highest BCUT2D eigenvalue weighted by atomic mass is 16.2. The van der Waals surface area contributed by atoms with Crippen molar-refractivity contribution in [1.82, 2.24) is 15.1 Å². The Bertz CT molecular complexity index is 238. The van der Waals surface area contributed by atoms with Crippen LogP contribution in [0.3, 0.4) is 0 Å². The molecule has 4 heteroatoms. The number of hydrogen-bond donors (Lipinski definition) is 1. The molecule has 1 fully saturated rings. The molecule has 1 N–H and O–H groups in total. The molecule has 0 radical (unpaired) electrons. The minimum atomic E-state index is 0.0613. The van der Waals surface area contributed by atoms with Crippen LogP contribution < -0.4 is 5.32 Å². The highest BCUT2D eigenvalue weighted by molar-refractivity contribution is 5.74. The molecule has 0 unspecified atom stereocenters. The maximum absolute atomic E-state index is 11.8. The molecule has 1 aliphatic rings. The van der Waals surface area contributed by atoms with E-state index >= 15 is 0 Å². The van der Waals surface area contributed by atoms with E-state index in [1.54, 1.807) is 0 Å². The van der Waals surface area contributed by atoms with Crippen LogP contribution in [0, 0.1) is 0 Å². The Morgan fingerprint density at radius 1 is 1.33 bits per heavy atom. The summed E-state index contributed by atoms with van der Waals surface area (Å²) in [6.45, 7) is 10.9. The zero-order valence-corrected chi connectivity index (χ0v) is 10.5. The van der Waals surface area contributed by atoms with Crippen LogP contribution in [0.4, 0.5) is 4.79 Å². The predicted molar refractivity (Wildman–Crippen MR) is 61.9 cm³/mol. The number of nitrogens with zero attached hydrogens (tertiary/aromatic N) is 2. The summed E-state index contributed by atoms with van der Waals surface area (Å²) in [7, 11) is 2.11. The molecule has 1 saturated heterocycles. The van der Waals surface area contributed by atoms with Crippen molar-refractivity contribution >= 4 is 6.03 Å². The number of amides is 2. The van der Waals surface area contributed by atoms with Gasteiger partial charge >= 0.3 is 6.03 Å². The van der Waals surface area contributed by atoms with Gasteiger partial charge in [0.2, 0.25) is 0 Å². The molecule has 4 nitrogen and oxygen atoms in total. The van der Waals surface area contributed by atoms with E-state index in [0.717, 1.165) is 19.6 Å². The van der Waals surface area contributed by atoms with E-state index in [1.807, 2.05) is 18.7 Å². The number of piperazine rings is 1. The van der Waals surface area contributed by atoms with E-state index in [-0.39, 0.29) is 17.6 Å². The van der Waals surface area contributed by atoms with Gasteiger partial charge in [-0.1, -0.05) is 0 Å². The molecule has 0 aromatic rings. The number of hydrogen-bond acceptors (Lipinski definition) is 2. The predicted octanol–water partition coefficient (Wildman–Crippen LogP) is 1.13. The summed E-state index contributed by atoms with van der Waals surface area (Å²) in [4.78, 5) is 16.0. The lowest BCUT2D eigenvalue weighted by Crippen LogP contribution is -2.60. The van der Waals surface area contributed by atoms with Gasteiger partial charge in [-0.25, -0.2) is 4.79 Å². The first-order chi connectivity index (χ1) is 6.83. The zero-order chi connectivity index (χ0) is 11.6. The van der Waals surface area contributed by atoms with E-state index in [4.69, 9.17) is 0 Å². The highest BCUT2D eigenvalue weighted by Gasteiger charge is 2.33. The third-order valence-corrected chi connectivity index (χ3v) is 3.02. The van der Waals surface area contributed by atoms with E-state index in [9.17, 15) is 4.79 Å². The summed E-state index contributed by atoms with van der Waals surface area (Å²) in [6.07, 6.45) is 0. The van der Waals surface area contributed by atoms with Crippen molar-refractivity contribution in [2.45, 2.75) is 39.3 Å². The van der Waals surface area contributed by atoms with Crippen LogP contribution in [0.1, 0.15) is 27.7 Å². The first-order valence-electron chi connectivity index (χ1n) is 5.59. The molecule has 1 heterocycles. The minimum absolute atomic E-state index is 0.0613. The molecular formula is C11H23N3O. The summed E-state index contributed by atoms with van der Waals surface area (Å²) in [6, 6.07) is 0.270. The molecule has 0 bridgehead atoms. The molecule has 0 aliphatic carbocycles. The molecule has 88 valence electrons. The van der Waals surface area contributed by atoms with Crippen LogP contribution in [-0.2, 0) is 0 Å². The standard InChI is InChI=1S/C11H23N3O/c1-9(2)12-10(15)14-7-6-13(5)11(3,4)8-14/h9H,6-8H2,1-5H3,(H,12,15). The van der Waals surface area contributed by atoms with Crippen LogP contribution in [0.5, 0.6) is 0 Å². The lowest BCUT2D eigenvalue weighted by molar-refractivity contribution is 0.0565. The number of carbonyl (C=O) groups excluding carboxylic acids is 1. The second-order valence-electron chi connectivity index (χ2n) is 5.26. The van der Waals surface area contributed by atoms with Crippen molar-refractivity contribution in [2.75, 3.05) is 26.7 Å². The topological polar surface area (TPSA) is 35.6 Å². The molecule has 15 heavy (non-hydrogen) atoms. The Labute approximate surface area is 92.6 Å². The van der Waals surface area contributed by atoms with Gasteiger partial charge in [0.1, 0.15) is 0 Å². The molecule has 1 rings (SSSR count). The lowest BCUT2D eigenvalue weighted by Gasteiger charge is -2.45.